The maximum atomic E-state index is 7.99. The molecule has 38 valence electrons. The Labute approximate surface area is 47.5 Å². The summed E-state index contributed by atoms with van der Waals surface area (Å²) in [6.07, 6.45) is 6.60. The molecule has 8 heavy (non-hydrogen) atoms. The van der Waals surface area contributed by atoms with Gasteiger partial charge in [-0.25, -0.2) is 0 Å². The number of hydrogen-bond acceptors (Lipinski definition) is 2. The topological polar surface area (TPSA) is 36.1 Å². The van der Waals surface area contributed by atoms with Crippen molar-refractivity contribution in [1.82, 2.24) is 0 Å². The summed E-state index contributed by atoms with van der Waals surface area (Å²) < 4.78 is 0. The van der Waals surface area contributed by atoms with E-state index in [1.54, 1.807) is 18.4 Å². The number of hydrogen-bond donors (Lipinski definition) is 0. The first-order chi connectivity index (χ1) is 3.93. The lowest BCUT2D eigenvalue weighted by Crippen LogP contribution is -1.50. The van der Waals surface area contributed by atoms with Crippen molar-refractivity contribution in [3.05, 3.63) is 23.9 Å². The molecule has 0 aromatic heterocycles. The molecule has 0 saturated carbocycles. The lowest BCUT2D eigenvalue weighted by molar-refractivity contribution is 1.53. The van der Waals surface area contributed by atoms with E-state index in [0.29, 0.717) is 0 Å². The molecule has 1 heterocycles. The number of aliphatic imine (C=N–C) groups is 1. The van der Waals surface area contributed by atoms with E-state index in [-0.39, 0.29) is 0 Å². The monoisotopic (exact) mass is 104 g/mol. The quantitative estimate of drug-likeness (QED) is 0.458. The molecule has 0 amide bonds. The lowest BCUT2D eigenvalue weighted by atomic mass is 10.4. The summed E-state index contributed by atoms with van der Waals surface area (Å²) in [6.45, 7) is 0. The van der Waals surface area contributed by atoms with Crippen molar-refractivity contribution in [2.45, 2.75) is 0 Å². The van der Waals surface area contributed by atoms with E-state index in [0.717, 1.165) is 5.70 Å². The van der Waals surface area contributed by atoms with Crippen LogP contribution in [0.15, 0.2) is 28.9 Å². The van der Waals surface area contributed by atoms with Gasteiger partial charge in [-0.1, -0.05) is 0 Å². The molecule has 0 atom stereocenters. The highest BCUT2D eigenvalue weighted by Crippen LogP contribution is 2.04. The van der Waals surface area contributed by atoms with Crippen LogP contribution in [0.4, 0.5) is 0 Å². The number of nitrogens with zero attached hydrogens (tertiary/aromatic N) is 2. The molecule has 0 aromatic carbocycles. The first kappa shape index (κ1) is 4.79. The SMILES string of the molecule is N#C/C=C/C=C1C=N\1. The molecule has 0 unspecified atom stereocenters. The minimum atomic E-state index is 0.955. The molecular weight excluding hydrogens is 100 g/mol. The Bertz CT molecular complexity index is 195. The second-order valence-electron chi connectivity index (χ2n) is 1.34. The van der Waals surface area contributed by atoms with Gasteiger partial charge in [0, 0.05) is 6.08 Å². The second-order valence-corrected chi connectivity index (χ2v) is 1.34. The van der Waals surface area contributed by atoms with E-state index in [9.17, 15) is 0 Å². The molecule has 1 aliphatic rings. The molecular formula is C6H4N2. The van der Waals surface area contributed by atoms with Gasteiger partial charge in [0.15, 0.2) is 0 Å². The predicted molar refractivity (Wildman–Crippen MR) is 31.3 cm³/mol. The highest BCUT2D eigenvalue weighted by Gasteiger charge is 1.95. The van der Waals surface area contributed by atoms with Gasteiger partial charge in [0.1, 0.15) is 0 Å². The van der Waals surface area contributed by atoms with Crippen LogP contribution in [0.1, 0.15) is 0 Å². The van der Waals surface area contributed by atoms with Crippen molar-refractivity contribution < 1.29 is 0 Å². The lowest BCUT2D eigenvalue weighted by Gasteiger charge is -1.62. The van der Waals surface area contributed by atoms with Gasteiger partial charge in [-0.15, -0.1) is 0 Å². The highest BCUT2D eigenvalue weighted by atomic mass is 14.9. The van der Waals surface area contributed by atoms with Crippen LogP contribution in [-0.2, 0) is 0 Å². The van der Waals surface area contributed by atoms with Crippen LogP contribution >= 0.6 is 0 Å². The van der Waals surface area contributed by atoms with Crippen LogP contribution in [0.25, 0.3) is 0 Å². The van der Waals surface area contributed by atoms with E-state index < -0.39 is 0 Å². The van der Waals surface area contributed by atoms with E-state index in [4.69, 9.17) is 5.26 Å². The van der Waals surface area contributed by atoms with Gasteiger partial charge in [0.05, 0.1) is 18.0 Å². The first-order valence-electron chi connectivity index (χ1n) is 2.24. The van der Waals surface area contributed by atoms with Gasteiger partial charge in [-0.2, -0.15) is 5.26 Å². The van der Waals surface area contributed by atoms with Crippen LogP contribution in [0, 0.1) is 11.3 Å². The summed E-state index contributed by atoms with van der Waals surface area (Å²) in [6, 6.07) is 1.87. The Balaban J connectivity index is 2.34. The first-order valence-corrected chi connectivity index (χ1v) is 2.24. The van der Waals surface area contributed by atoms with Gasteiger partial charge in [0.2, 0.25) is 0 Å². The fraction of sp³-hybridized carbons (Fsp3) is 0. The number of nitriles is 1. The Morgan fingerprint density at radius 3 is 3.00 bits per heavy atom. The molecule has 0 N–H and O–H groups in total. The molecule has 0 aromatic rings. The third-order valence-electron chi connectivity index (χ3n) is 0.716. The predicted octanol–water partition coefficient (Wildman–Crippen LogP) is 1.03. The second kappa shape index (κ2) is 2.08. The van der Waals surface area contributed by atoms with Crippen LogP contribution in [0.2, 0.25) is 0 Å². The van der Waals surface area contributed by atoms with Crippen LogP contribution in [0.3, 0.4) is 0 Å². The van der Waals surface area contributed by atoms with Gasteiger partial charge in [-0.05, 0) is 12.2 Å². The maximum absolute atomic E-state index is 7.99. The normalized spacial score (nSPS) is 19.6. The maximum Gasteiger partial charge on any atom is 0.0912 e. The van der Waals surface area contributed by atoms with Crippen molar-refractivity contribution in [2.24, 2.45) is 4.99 Å². The zero-order valence-corrected chi connectivity index (χ0v) is 4.20. The van der Waals surface area contributed by atoms with Crippen molar-refractivity contribution >= 4 is 6.21 Å². The molecule has 0 aliphatic carbocycles. The van der Waals surface area contributed by atoms with Crippen molar-refractivity contribution in [3.8, 4) is 6.07 Å². The van der Waals surface area contributed by atoms with Crippen LogP contribution in [-0.4, -0.2) is 6.21 Å². The van der Waals surface area contributed by atoms with Gasteiger partial charge >= 0.3 is 0 Å². The van der Waals surface area contributed by atoms with E-state index >= 15 is 0 Å². The molecule has 2 heteroatoms. The molecule has 1 aliphatic heterocycles. The number of allylic oxidation sites excluding steroid dienone is 4. The fourth-order valence-electron chi connectivity index (χ4n) is 0.313. The third kappa shape index (κ3) is 1.39. The van der Waals surface area contributed by atoms with Crippen molar-refractivity contribution in [3.63, 3.8) is 0 Å². The standard InChI is InChI=1S/C6H4N2/c7-4-2-1-3-6-5-8-6/h1-3,5H/b2-1+,6-3+. The Hall–Kier alpha value is -1.36. The van der Waals surface area contributed by atoms with Crippen molar-refractivity contribution in [1.29, 1.82) is 5.26 Å². The average molecular weight is 104 g/mol. The van der Waals surface area contributed by atoms with Gasteiger partial charge in [-0.3, -0.25) is 4.99 Å². The average Bonchev–Trinajstić information content (AvgIpc) is 2.51. The van der Waals surface area contributed by atoms with Gasteiger partial charge in [0.25, 0.3) is 0 Å². The Morgan fingerprint density at radius 2 is 2.50 bits per heavy atom. The van der Waals surface area contributed by atoms with Gasteiger partial charge < -0.3 is 0 Å². The summed E-state index contributed by atoms with van der Waals surface area (Å²) in [5, 5.41) is 7.99. The molecule has 2 nitrogen and oxygen atoms in total. The summed E-state index contributed by atoms with van der Waals surface area (Å²) in [7, 11) is 0. The molecule has 0 spiro atoms. The summed E-state index contributed by atoms with van der Waals surface area (Å²) >= 11 is 0. The summed E-state index contributed by atoms with van der Waals surface area (Å²) in [5.74, 6) is 0. The molecule has 0 radical (unpaired) electrons. The third-order valence-corrected chi connectivity index (χ3v) is 0.716. The molecule has 0 bridgehead atoms. The van der Waals surface area contributed by atoms with E-state index in [1.807, 2.05) is 6.07 Å². The summed E-state index contributed by atoms with van der Waals surface area (Å²) in [5.41, 5.74) is 0.955. The van der Waals surface area contributed by atoms with Crippen molar-refractivity contribution in [2.75, 3.05) is 0 Å². The van der Waals surface area contributed by atoms with Crippen LogP contribution in [0.5, 0.6) is 0 Å². The summed E-state index contributed by atoms with van der Waals surface area (Å²) in [4.78, 5) is 3.75. The number of rotatable bonds is 1. The minimum absolute atomic E-state index is 0.955. The molecule has 0 fully saturated rings. The zero-order valence-electron chi connectivity index (χ0n) is 4.20. The largest absolute Gasteiger partial charge is 0.253 e. The van der Waals surface area contributed by atoms with E-state index in [1.165, 1.54) is 6.08 Å². The Morgan fingerprint density at radius 1 is 1.75 bits per heavy atom. The molecule has 0 saturated heterocycles. The zero-order chi connectivity index (χ0) is 5.82. The minimum Gasteiger partial charge on any atom is -0.253 e. The smallest absolute Gasteiger partial charge is 0.0912 e. The fourth-order valence-corrected chi connectivity index (χ4v) is 0.313. The van der Waals surface area contributed by atoms with E-state index in [2.05, 4.69) is 4.99 Å². The van der Waals surface area contributed by atoms with Crippen LogP contribution < -0.4 is 0 Å². The highest BCUT2D eigenvalue weighted by molar-refractivity contribution is 5.92. The molecule has 1 rings (SSSR count). The Kier molecular flexibility index (Phi) is 1.25.